The van der Waals surface area contributed by atoms with E-state index in [1.807, 2.05) is 7.05 Å². The lowest BCUT2D eigenvalue weighted by molar-refractivity contribution is 0.144. The summed E-state index contributed by atoms with van der Waals surface area (Å²) in [4.78, 5) is 2.52. The lowest BCUT2D eigenvalue weighted by atomic mass is 10.1. The summed E-state index contributed by atoms with van der Waals surface area (Å²) >= 11 is 0. The van der Waals surface area contributed by atoms with Gasteiger partial charge in [-0.15, -0.1) is 0 Å². The molecule has 1 N–H and O–H groups in total. The van der Waals surface area contributed by atoms with Crippen molar-refractivity contribution in [3.8, 4) is 0 Å². The second-order valence-corrected chi connectivity index (χ2v) is 7.57. The molecule has 21 heavy (non-hydrogen) atoms. The van der Waals surface area contributed by atoms with Gasteiger partial charge in [-0.05, 0) is 37.6 Å². The number of aryl methyl sites for hydroxylation is 1. The van der Waals surface area contributed by atoms with Gasteiger partial charge in [0.1, 0.15) is 0 Å². The van der Waals surface area contributed by atoms with E-state index < -0.39 is 10.0 Å². The van der Waals surface area contributed by atoms with Crippen LogP contribution < -0.4 is 0 Å². The first-order valence-corrected chi connectivity index (χ1v) is 8.75. The molecule has 1 unspecified atom stereocenters. The Morgan fingerprint density at radius 3 is 2.67 bits per heavy atom. The van der Waals surface area contributed by atoms with E-state index in [0.29, 0.717) is 23.5 Å². The molecule has 6 heteroatoms. The summed E-state index contributed by atoms with van der Waals surface area (Å²) in [6.45, 7) is 5.51. The van der Waals surface area contributed by atoms with Crippen LogP contribution in [0.5, 0.6) is 0 Å². The molecular formula is C15H24N2O3S. The molecule has 118 valence electrons. The predicted octanol–water partition coefficient (Wildman–Crippen LogP) is 1.20. The molecule has 0 aliphatic carbocycles. The Balaban J connectivity index is 2.34. The third kappa shape index (κ3) is 3.29. The smallest absolute Gasteiger partial charge is 0.243 e. The van der Waals surface area contributed by atoms with Crippen molar-refractivity contribution in [2.24, 2.45) is 0 Å². The van der Waals surface area contributed by atoms with E-state index in [0.717, 1.165) is 18.5 Å². The van der Waals surface area contributed by atoms with Gasteiger partial charge < -0.3 is 10.0 Å². The Morgan fingerprint density at radius 1 is 1.33 bits per heavy atom. The number of hydrogen-bond acceptors (Lipinski definition) is 4. The maximum atomic E-state index is 12.9. The molecule has 0 aromatic heterocycles. The third-order valence-electron chi connectivity index (χ3n) is 4.26. The number of nitrogens with zero attached hydrogens (tertiary/aromatic N) is 2. The van der Waals surface area contributed by atoms with Crippen LogP contribution in [0.15, 0.2) is 23.1 Å². The topological polar surface area (TPSA) is 60.9 Å². The van der Waals surface area contributed by atoms with Crippen LogP contribution in [0.2, 0.25) is 0 Å². The van der Waals surface area contributed by atoms with Gasteiger partial charge in [0.25, 0.3) is 0 Å². The SMILES string of the molecule is CCC1CN(S(=O)(=O)c2cc(CO)ccc2C)CCN1C. The van der Waals surface area contributed by atoms with Gasteiger partial charge in [-0.2, -0.15) is 4.31 Å². The van der Waals surface area contributed by atoms with Crippen molar-refractivity contribution in [2.75, 3.05) is 26.7 Å². The van der Waals surface area contributed by atoms with Gasteiger partial charge in [-0.25, -0.2) is 8.42 Å². The summed E-state index contributed by atoms with van der Waals surface area (Å²) in [6, 6.07) is 5.36. The number of hydrogen-bond donors (Lipinski definition) is 1. The largest absolute Gasteiger partial charge is 0.392 e. The van der Waals surface area contributed by atoms with Gasteiger partial charge in [0.2, 0.25) is 10.0 Å². The minimum atomic E-state index is -3.50. The van der Waals surface area contributed by atoms with E-state index in [1.54, 1.807) is 29.4 Å². The van der Waals surface area contributed by atoms with Gasteiger partial charge in [0, 0.05) is 25.7 Å². The highest BCUT2D eigenvalue weighted by atomic mass is 32.2. The van der Waals surface area contributed by atoms with Crippen LogP contribution in [0, 0.1) is 6.92 Å². The molecule has 2 rings (SSSR count). The molecule has 1 fully saturated rings. The quantitative estimate of drug-likeness (QED) is 0.907. The van der Waals surface area contributed by atoms with E-state index in [4.69, 9.17) is 0 Å². The van der Waals surface area contributed by atoms with E-state index >= 15 is 0 Å². The first-order valence-electron chi connectivity index (χ1n) is 7.31. The van der Waals surface area contributed by atoms with Gasteiger partial charge in [0.15, 0.2) is 0 Å². The van der Waals surface area contributed by atoms with Gasteiger partial charge in [0.05, 0.1) is 11.5 Å². The van der Waals surface area contributed by atoms with Crippen LogP contribution in [0.4, 0.5) is 0 Å². The average Bonchev–Trinajstić information content (AvgIpc) is 2.47. The van der Waals surface area contributed by atoms with Crippen molar-refractivity contribution in [1.29, 1.82) is 0 Å². The Hall–Kier alpha value is -0.950. The normalized spacial score (nSPS) is 21.6. The van der Waals surface area contributed by atoms with Crippen LogP contribution in [-0.4, -0.2) is 55.5 Å². The lowest BCUT2D eigenvalue weighted by Gasteiger charge is -2.38. The average molecular weight is 312 g/mol. The van der Waals surface area contributed by atoms with Crippen LogP contribution >= 0.6 is 0 Å². The number of likely N-dealkylation sites (N-methyl/N-ethyl adjacent to an activating group) is 1. The first kappa shape index (κ1) is 16.4. The number of sulfonamides is 1. The molecule has 5 nitrogen and oxygen atoms in total. The molecular weight excluding hydrogens is 288 g/mol. The molecule has 1 saturated heterocycles. The maximum Gasteiger partial charge on any atom is 0.243 e. The summed E-state index contributed by atoms with van der Waals surface area (Å²) in [6.07, 6.45) is 0.929. The van der Waals surface area contributed by atoms with Crippen molar-refractivity contribution in [1.82, 2.24) is 9.21 Å². The molecule has 1 atom stereocenters. The molecule has 1 heterocycles. The molecule has 1 aromatic carbocycles. The van der Waals surface area contributed by atoms with Crippen LogP contribution in [0.3, 0.4) is 0 Å². The van der Waals surface area contributed by atoms with Gasteiger partial charge >= 0.3 is 0 Å². The molecule has 0 amide bonds. The van der Waals surface area contributed by atoms with Crippen molar-refractivity contribution < 1.29 is 13.5 Å². The monoisotopic (exact) mass is 312 g/mol. The second-order valence-electron chi connectivity index (χ2n) is 5.66. The Bertz CT molecular complexity index is 601. The van der Waals surface area contributed by atoms with Crippen molar-refractivity contribution in [3.63, 3.8) is 0 Å². The van der Waals surface area contributed by atoms with Crippen molar-refractivity contribution >= 4 is 10.0 Å². The number of aliphatic hydroxyl groups is 1. The number of rotatable bonds is 4. The molecule has 1 aliphatic rings. The summed E-state index contributed by atoms with van der Waals surface area (Å²) in [5.74, 6) is 0. The summed E-state index contributed by atoms with van der Waals surface area (Å²) in [7, 11) is -1.46. The fourth-order valence-electron chi connectivity index (χ4n) is 2.74. The highest BCUT2D eigenvalue weighted by Crippen LogP contribution is 2.24. The van der Waals surface area contributed by atoms with Gasteiger partial charge in [-0.3, -0.25) is 0 Å². The van der Waals surface area contributed by atoms with E-state index in [1.165, 1.54) is 0 Å². The zero-order valence-electron chi connectivity index (χ0n) is 12.9. The van der Waals surface area contributed by atoms with Crippen LogP contribution in [0.25, 0.3) is 0 Å². The van der Waals surface area contributed by atoms with E-state index in [9.17, 15) is 13.5 Å². The Kier molecular flexibility index (Phi) is 5.03. The number of piperazine rings is 1. The van der Waals surface area contributed by atoms with Crippen LogP contribution in [0.1, 0.15) is 24.5 Å². The Labute approximate surface area is 127 Å². The molecule has 0 radical (unpaired) electrons. The second kappa shape index (κ2) is 6.44. The third-order valence-corrected chi connectivity index (χ3v) is 6.27. The molecule has 0 saturated carbocycles. The molecule has 0 spiro atoms. The van der Waals surface area contributed by atoms with E-state index in [2.05, 4.69) is 11.8 Å². The lowest BCUT2D eigenvalue weighted by Crippen LogP contribution is -2.52. The summed E-state index contributed by atoms with van der Waals surface area (Å²) in [5.41, 5.74) is 1.35. The van der Waals surface area contributed by atoms with Crippen LogP contribution in [-0.2, 0) is 16.6 Å². The maximum absolute atomic E-state index is 12.9. The zero-order chi connectivity index (χ0) is 15.6. The molecule has 0 bridgehead atoms. The molecule has 1 aliphatic heterocycles. The van der Waals surface area contributed by atoms with Crippen molar-refractivity contribution in [2.45, 2.75) is 37.8 Å². The number of aliphatic hydroxyl groups excluding tert-OH is 1. The minimum absolute atomic E-state index is 0.150. The van der Waals surface area contributed by atoms with Gasteiger partial charge in [-0.1, -0.05) is 19.1 Å². The zero-order valence-corrected chi connectivity index (χ0v) is 13.7. The highest BCUT2D eigenvalue weighted by Gasteiger charge is 2.32. The summed E-state index contributed by atoms with van der Waals surface area (Å²) < 4.78 is 27.3. The fraction of sp³-hybridized carbons (Fsp3) is 0.600. The fourth-order valence-corrected chi connectivity index (χ4v) is 4.48. The Morgan fingerprint density at radius 2 is 2.05 bits per heavy atom. The predicted molar refractivity (Wildman–Crippen MR) is 82.6 cm³/mol. The number of benzene rings is 1. The van der Waals surface area contributed by atoms with Crippen molar-refractivity contribution in [3.05, 3.63) is 29.3 Å². The highest BCUT2D eigenvalue weighted by molar-refractivity contribution is 7.89. The molecule has 1 aromatic rings. The first-order chi connectivity index (χ1) is 9.90. The standard InChI is InChI=1S/C15H24N2O3S/c1-4-14-10-17(8-7-16(14)3)21(19,20)15-9-13(11-18)6-5-12(15)2/h5-6,9,14,18H,4,7-8,10-11H2,1-3H3. The minimum Gasteiger partial charge on any atom is -0.392 e. The summed E-state index contributed by atoms with van der Waals surface area (Å²) in [5, 5.41) is 9.23. The van der Waals surface area contributed by atoms with E-state index in [-0.39, 0.29) is 12.6 Å².